The van der Waals surface area contributed by atoms with Gasteiger partial charge in [0, 0.05) is 30.0 Å². The molecule has 0 unspecified atom stereocenters. The maximum atomic E-state index is 14.0. The summed E-state index contributed by atoms with van der Waals surface area (Å²) in [6, 6.07) is 5.13. The van der Waals surface area contributed by atoms with Gasteiger partial charge in [0.15, 0.2) is 11.6 Å². The number of benzene rings is 1. The second-order valence-electron chi connectivity index (χ2n) is 10.6. The zero-order valence-electron chi connectivity index (χ0n) is 22.8. The predicted molar refractivity (Wildman–Crippen MR) is 141 cm³/mol. The van der Waals surface area contributed by atoms with Gasteiger partial charge in [0.05, 0.1) is 18.4 Å². The van der Waals surface area contributed by atoms with Crippen molar-refractivity contribution in [3.63, 3.8) is 0 Å². The zero-order chi connectivity index (χ0) is 27.0. The third kappa shape index (κ3) is 9.13. The number of ether oxygens (including phenoxy) is 1. The summed E-state index contributed by atoms with van der Waals surface area (Å²) in [6.07, 6.45) is 3.27. The van der Waals surface area contributed by atoms with E-state index < -0.39 is 5.60 Å². The van der Waals surface area contributed by atoms with Crippen LogP contribution in [0.5, 0.6) is 5.75 Å². The molecule has 1 aromatic carbocycles. The quantitative estimate of drug-likeness (QED) is 0.498. The molecule has 0 saturated carbocycles. The third-order valence-corrected chi connectivity index (χ3v) is 5.88. The largest absolute Gasteiger partial charge is 0.494 e. The van der Waals surface area contributed by atoms with E-state index in [1.165, 1.54) is 37.3 Å². The maximum absolute atomic E-state index is 14.0. The first-order chi connectivity index (χ1) is 16.2. The number of carboxylic acid groups (broad SMARTS) is 1. The van der Waals surface area contributed by atoms with E-state index in [9.17, 15) is 4.39 Å². The van der Waals surface area contributed by atoms with Crippen LogP contribution in [0.2, 0.25) is 0 Å². The Kier molecular flexibility index (Phi) is 11.2. The third-order valence-electron chi connectivity index (χ3n) is 5.88. The van der Waals surface area contributed by atoms with Gasteiger partial charge in [-0.25, -0.2) is 4.39 Å². The summed E-state index contributed by atoms with van der Waals surface area (Å²) in [4.78, 5) is 15.7. The number of methoxy groups -OCH3 is 1. The minimum absolute atomic E-state index is 0.250. The molecule has 0 spiro atoms. The van der Waals surface area contributed by atoms with E-state index in [4.69, 9.17) is 24.7 Å². The zero-order valence-corrected chi connectivity index (χ0v) is 22.8. The van der Waals surface area contributed by atoms with Gasteiger partial charge in [-0.2, -0.15) is 0 Å². The van der Waals surface area contributed by atoms with Gasteiger partial charge >= 0.3 is 0 Å². The average molecular weight is 491 g/mol. The van der Waals surface area contributed by atoms with E-state index in [2.05, 4.69) is 39.5 Å². The van der Waals surface area contributed by atoms with Gasteiger partial charge in [0.25, 0.3) is 6.47 Å². The molecule has 1 aliphatic heterocycles. The van der Waals surface area contributed by atoms with Crippen molar-refractivity contribution < 1.29 is 24.1 Å². The molecule has 0 bridgehead atoms. The van der Waals surface area contributed by atoms with Crippen LogP contribution in [0.25, 0.3) is 11.1 Å². The average Bonchev–Trinajstić information content (AvgIpc) is 2.73. The molecule has 2 aromatic rings. The summed E-state index contributed by atoms with van der Waals surface area (Å²) in [5, 5.41) is 15.4. The first-order valence-electron chi connectivity index (χ1n) is 12.1. The second-order valence-corrected chi connectivity index (χ2v) is 10.6. The fraction of sp³-hybridized carbons (Fsp3) is 0.571. The molecule has 1 aliphatic rings. The SMILES string of the molecule is CC(C)(C)O.CCc1c(C)nc(C)c(-c2ccc(F)c(OC)c2)c1N1CCC(C)(C)CC1.O=CO. The Hall–Kier alpha value is -2.67. The monoisotopic (exact) mass is 490 g/mol. The highest BCUT2D eigenvalue weighted by Gasteiger charge is 2.29. The summed E-state index contributed by atoms with van der Waals surface area (Å²) in [6.45, 7) is 18.1. The molecule has 0 atom stereocenters. The van der Waals surface area contributed by atoms with Gasteiger partial charge in [-0.15, -0.1) is 0 Å². The van der Waals surface area contributed by atoms with Crippen LogP contribution >= 0.6 is 0 Å². The Balaban J connectivity index is 0.000000669. The minimum Gasteiger partial charge on any atom is -0.494 e. The number of pyridine rings is 1. The van der Waals surface area contributed by atoms with Crippen LogP contribution in [-0.2, 0) is 11.2 Å². The molecule has 0 amide bonds. The van der Waals surface area contributed by atoms with E-state index in [0.717, 1.165) is 42.0 Å². The molecular formula is C28H43FN2O4. The van der Waals surface area contributed by atoms with Gasteiger partial charge in [-0.3, -0.25) is 9.78 Å². The lowest BCUT2D eigenvalue weighted by molar-refractivity contribution is -0.122. The van der Waals surface area contributed by atoms with Crippen molar-refractivity contribution in [2.45, 2.75) is 80.3 Å². The van der Waals surface area contributed by atoms with E-state index >= 15 is 0 Å². The number of piperidine rings is 1. The van der Waals surface area contributed by atoms with Crippen LogP contribution in [0.4, 0.5) is 10.1 Å². The molecule has 1 fully saturated rings. The van der Waals surface area contributed by atoms with E-state index in [1.54, 1.807) is 26.8 Å². The summed E-state index contributed by atoms with van der Waals surface area (Å²) in [5.41, 5.74) is 6.60. The van der Waals surface area contributed by atoms with Gasteiger partial charge in [-0.05, 0) is 82.6 Å². The first-order valence-corrected chi connectivity index (χ1v) is 12.1. The standard InChI is InChI=1S/C23H31FN2O.C4H10O.CH2O2/c1-7-18-15(2)25-16(3)21(17-8-9-19(24)20(14-17)27-6)22(18)26-12-10-23(4,5)11-13-26;1-4(2,3)5;2-1-3/h8-9,14H,7,10-13H2,1-6H3;5H,1-3H3;1H,(H,2,3). The van der Waals surface area contributed by atoms with Crippen molar-refractivity contribution >= 4 is 12.2 Å². The molecule has 0 radical (unpaired) electrons. The lowest BCUT2D eigenvalue weighted by Gasteiger charge is -2.40. The van der Waals surface area contributed by atoms with Crippen molar-refractivity contribution in [3.05, 3.63) is 41.0 Å². The maximum Gasteiger partial charge on any atom is 0.290 e. The number of hydrogen-bond donors (Lipinski definition) is 2. The Morgan fingerprint density at radius 3 is 2.14 bits per heavy atom. The summed E-state index contributed by atoms with van der Waals surface area (Å²) in [7, 11) is 1.51. The highest BCUT2D eigenvalue weighted by atomic mass is 19.1. The van der Waals surface area contributed by atoms with E-state index in [1.807, 2.05) is 6.07 Å². The molecule has 196 valence electrons. The lowest BCUT2D eigenvalue weighted by Crippen LogP contribution is -2.38. The Morgan fingerprint density at radius 2 is 1.69 bits per heavy atom. The fourth-order valence-electron chi connectivity index (χ4n) is 4.14. The number of rotatable bonds is 4. The highest BCUT2D eigenvalue weighted by molar-refractivity contribution is 5.84. The van der Waals surface area contributed by atoms with E-state index in [-0.39, 0.29) is 18.0 Å². The molecule has 1 saturated heterocycles. The number of carbonyl (C=O) groups is 1. The van der Waals surface area contributed by atoms with E-state index in [0.29, 0.717) is 5.41 Å². The Morgan fingerprint density at radius 1 is 1.17 bits per heavy atom. The summed E-state index contributed by atoms with van der Waals surface area (Å²) < 4.78 is 19.2. The molecule has 35 heavy (non-hydrogen) atoms. The van der Waals surface area contributed by atoms with Crippen LogP contribution in [0.1, 0.15) is 71.3 Å². The first kappa shape index (κ1) is 30.4. The highest BCUT2D eigenvalue weighted by Crippen LogP contribution is 2.42. The number of anilines is 1. The number of hydrogen-bond acceptors (Lipinski definition) is 5. The van der Waals surface area contributed by atoms with Crippen molar-refractivity contribution in [1.29, 1.82) is 0 Å². The van der Waals surface area contributed by atoms with Gasteiger partial charge < -0.3 is 19.8 Å². The van der Waals surface area contributed by atoms with Crippen molar-refractivity contribution in [2.75, 3.05) is 25.1 Å². The van der Waals surface area contributed by atoms with Gasteiger partial charge in [0.1, 0.15) is 0 Å². The second kappa shape index (κ2) is 12.9. The number of aliphatic hydroxyl groups is 1. The van der Waals surface area contributed by atoms with Crippen LogP contribution in [0.15, 0.2) is 18.2 Å². The summed E-state index contributed by atoms with van der Waals surface area (Å²) >= 11 is 0. The van der Waals surface area contributed by atoms with Crippen LogP contribution in [-0.4, -0.2) is 47.5 Å². The van der Waals surface area contributed by atoms with Crippen molar-refractivity contribution in [3.8, 4) is 16.9 Å². The summed E-state index contributed by atoms with van der Waals surface area (Å²) in [5.74, 6) is -0.0628. The predicted octanol–water partition coefficient (Wildman–Crippen LogP) is 6.18. The number of aromatic nitrogens is 1. The topological polar surface area (TPSA) is 82.9 Å². The molecule has 1 aromatic heterocycles. The van der Waals surface area contributed by atoms with Crippen LogP contribution in [0, 0.1) is 25.1 Å². The fourth-order valence-corrected chi connectivity index (χ4v) is 4.14. The molecule has 6 nitrogen and oxygen atoms in total. The molecule has 0 aliphatic carbocycles. The molecule has 2 heterocycles. The number of halogens is 1. The molecule has 7 heteroatoms. The van der Waals surface area contributed by atoms with Gasteiger partial charge in [0.2, 0.25) is 0 Å². The van der Waals surface area contributed by atoms with Crippen LogP contribution in [0.3, 0.4) is 0 Å². The van der Waals surface area contributed by atoms with Crippen molar-refractivity contribution in [1.82, 2.24) is 4.98 Å². The van der Waals surface area contributed by atoms with Crippen LogP contribution < -0.4 is 9.64 Å². The Bertz CT molecular complexity index is 968. The number of nitrogens with zero attached hydrogens (tertiary/aromatic N) is 2. The molecule has 3 rings (SSSR count). The molecule has 2 N–H and O–H groups in total. The van der Waals surface area contributed by atoms with Gasteiger partial charge in [-0.1, -0.05) is 26.8 Å². The van der Waals surface area contributed by atoms with Crippen molar-refractivity contribution in [2.24, 2.45) is 5.41 Å². The normalized spacial score (nSPS) is 14.8. The number of aryl methyl sites for hydroxylation is 2. The Labute approximate surface area is 210 Å². The minimum atomic E-state index is -0.500. The lowest BCUT2D eigenvalue weighted by atomic mass is 9.82. The molecular weight excluding hydrogens is 447 g/mol. The smallest absolute Gasteiger partial charge is 0.290 e.